The van der Waals surface area contributed by atoms with Crippen LogP contribution in [0.5, 0.6) is 0 Å². The van der Waals surface area contributed by atoms with E-state index in [4.69, 9.17) is 5.41 Å². The number of benzene rings is 1. The molecule has 1 aromatic carbocycles. The molecular formula is C16H15N3O. The summed E-state index contributed by atoms with van der Waals surface area (Å²) in [6.07, 6.45) is 3.51. The molecule has 0 saturated carbocycles. The van der Waals surface area contributed by atoms with Crippen molar-refractivity contribution in [3.63, 3.8) is 0 Å². The third-order valence-corrected chi connectivity index (χ3v) is 3.34. The van der Waals surface area contributed by atoms with Crippen LogP contribution in [-0.4, -0.2) is 27.4 Å². The predicted octanol–water partition coefficient (Wildman–Crippen LogP) is 2.84. The summed E-state index contributed by atoms with van der Waals surface area (Å²) < 4.78 is 0. The molecule has 0 saturated heterocycles. The van der Waals surface area contributed by atoms with E-state index in [-0.39, 0.29) is 5.76 Å². The average Bonchev–Trinajstić information content (AvgIpc) is 2.75. The Morgan fingerprint density at radius 3 is 2.65 bits per heavy atom. The zero-order valence-corrected chi connectivity index (χ0v) is 11.0. The Balaban J connectivity index is 1.82. The van der Waals surface area contributed by atoms with E-state index in [9.17, 15) is 5.11 Å². The highest BCUT2D eigenvalue weighted by molar-refractivity contribution is 6.23. The Labute approximate surface area is 117 Å². The normalized spacial score (nSPS) is 15.0. The number of aromatic nitrogens is 1. The van der Waals surface area contributed by atoms with Gasteiger partial charge in [0, 0.05) is 18.9 Å². The molecule has 1 aliphatic rings. The maximum absolute atomic E-state index is 10.1. The molecule has 4 nitrogen and oxygen atoms in total. The van der Waals surface area contributed by atoms with Gasteiger partial charge >= 0.3 is 0 Å². The van der Waals surface area contributed by atoms with Crippen LogP contribution in [0.4, 0.5) is 0 Å². The van der Waals surface area contributed by atoms with E-state index in [0.29, 0.717) is 24.5 Å². The van der Waals surface area contributed by atoms with Crippen molar-refractivity contribution in [1.29, 1.82) is 5.41 Å². The zero-order chi connectivity index (χ0) is 13.9. The SMILES string of the molecule is N=C1C(c2ccccc2)=C(O)CN1Cc1cccnc1. The number of nitrogens with one attached hydrogen (secondary N) is 1. The van der Waals surface area contributed by atoms with Crippen molar-refractivity contribution in [2.45, 2.75) is 6.54 Å². The Hall–Kier alpha value is -2.62. The van der Waals surface area contributed by atoms with Crippen LogP contribution in [0.25, 0.3) is 5.57 Å². The first-order valence-electron chi connectivity index (χ1n) is 6.46. The molecule has 3 rings (SSSR count). The maximum atomic E-state index is 10.1. The van der Waals surface area contributed by atoms with E-state index in [0.717, 1.165) is 11.1 Å². The van der Waals surface area contributed by atoms with Crippen LogP contribution in [0.2, 0.25) is 0 Å². The van der Waals surface area contributed by atoms with E-state index in [1.165, 1.54) is 0 Å². The lowest BCUT2D eigenvalue weighted by molar-refractivity contribution is 0.347. The van der Waals surface area contributed by atoms with Gasteiger partial charge in [0.05, 0.1) is 12.1 Å². The Bertz CT molecular complexity index is 650. The summed E-state index contributed by atoms with van der Waals surface area (Å²) in [6, 6.07) is 13.4. The lowest BCUT2D eigenvalue weighted by Crippen LogP contribution is -2.26. The second-order valence-electron chi connectivity index (χ2n) is 4.75. The van der Waals surface area contributed by atoms with Gasteiger partial charge in [-0.05, 0) is 17.2 Å². The van der Waals surface area contributed by atoms with E-state index >= 15 is 0 Å². The molecular weight excluding hydrogens is 250 g/mol. The molecule has 0 fully saturated rings. The van der Waals surface area contributed by atoms with Crippen molar-refractivity contribution in [3.8, 4) is 0 Å². The number of aliphatic hydroxyl groups excluding tert-OH is 1. The Morgan fingerprint density at radius 2 is 1.95 bits per heavy atom. The summed E-state index contributed by atoms with van der Waals surface area (Å²) in [7, 11) is 0. The van der Waals surface area contributed by atoms with Gasteiger partial charge in [-0.2, -0.15) is 0 Å². The molecule has 0 unspecified atom stereocenters. The van der Waals surface area contributed by atoms with Crippen LogP contribution in [0, 0.1) is 5.41 Å². The Morgan fingerprint density at radius 1 is 1.15 bits per heavy atom. The van der Waals surface area contributed by atoms with Gasteiger partial charge in [-0.15, -0.1) is 0 Å². The predicted molar refractivity (Wildman–Crippen MR) is 78.4 cm³/mol. The van der Waals surface area contributed by atoms with Crippen LogP contribution < -0.4 is 0 Å². The highest BCUT2D eigenvalue weighted by Gasteiger charge is 2.27. The fourth-order valence-corrected chi connectivity index (χ4v) is 2.39. The smallest absolute Gasteiger partial charge is 0.132 e. The standard InChI is InChI=1S/C16H15N3O/c17-16-15(13-6-2-1-3-7-13)14(20)11-19(16)10-12-5-4-8-18-9-12/h1-9,17,20H,10-11H2. The minimum atomic E-state index is 0.255. The molecule has 100 valence electrons. The molecule has 0 spiro atoms. The van der Waals surface area contributed by atoms with E-state index in [1.807, 2.05) is 47.4 Å². The van der Waals surface area contributed by atoms with Gasteiger partial charge in [0.2, 0.25) is 0 Å². The summed E-state index contributed by atoms with van der Waals surface area (Å²) in [4.78, 5) is 5.92. The van der Waals surface area contributed by atoms with Crippen molar-refractivity contribution >= 4 is 11.4 Å². The van der Waals surface area contributed by atoms with Crippen molar-refractivity contribution in [3.05, 3.63) is 71.7 Å². The lowest BCUT2D eigenvalue weighted by Gasteiger charge is -2.18. The molecule has 2 N–H and O–H groups in total. The number of pyridine rings is 1. The molecule has 2 aromatic rings. The second-order valence-corrected chi connectivity index (χ2v) is 4.75. The van der Waals surface area contributed by atoms with Crippen LogP contribution in [0.3, 0.4) is 0 Å². The summed E-state index contributed by atoms with van der Waals surface area (Å²) in [6.45, 7) is 0.949. The Kier molecular flexibility index (Phi) is 3.21. The van der Waals surface area contributed by atoms with Crippen molar-refractivity contribution in [1.82, 2.24) is 9.88 Å². The highest BCUT2D eigenvalue weighted by Crippen LogP contribution is 2.27. The topological polar surface area (TPSA) is 60.2 Å². The van der Waals surface area contributed by atoms with Crippen LogP contribution >= 0.6 is 0 Å². The summed E-state index contributed by atoms with van der Waals surface area (Å²) in [5, 5.41) is 18.4. The second kappa shape index (κ2) is 5.17. The lowest BCUT2D eigenvalue weighted by atomic mass is 10.1. The first kappa shape index (κ1) is 12.4. The number of amidine groups is 1. The van der Waals surface area contributed by atoms with E-state index in [1.54, 1.807) is 12.4 Å². The molecule has 2 heterocycles. The summed E-state index contributed by atoms with van der Waals surface area (Å²) in [5.74, 6) is 0.614. The first-order chi connectivity index (χ1) is 9.75. The van der Waals surface area contributed by atoms with E-state index in [2.05, 4.69) is 4.98 Å². The number of hydrogen-bond donors (Lipinski definition) is 2. The number of nitrogens with zero attached hydrogens (tertiary/aromatic N) is 2. The molecule has 0 aliphatic carbocycles. The largest absolute Gasteiger partial charge is 0.510 e. The third-order valence-electron chi connectivity index (χ3n) is 3.34. The van der Waals surface area contributed by atoms with Gasteiger partial charge in [-0.1, -0.05) is 36.4 Å². The van der Waals surface area contributed by atoms with Crippen LogP contribution in [-0.2, 0) is 6.54 Å². The van der Waals surface area contributed by atoms with Gasteiger partial charge in [-0.3, -0.25) is 10.4 Å². The maximum Gasteiger partial charge on any atom is 0.132 e. The number of hydrogen-bond acceptors (Lipinski definition) is 3. The number of aliphatic hydroxyl groups is 1. The minimum Gasteiger partial charge on any atom is -0.510 e. The van der Waals surface area contributed by atoms with Gasteiger partial charge in [0.15, 0.2) is 0 Å². The van der Waals surface area contributed by atoms with Gasteiger partial charge in [0.25, 0.3) is 0 Å². The zero-order valence-electron chi connectivity index (χ0n) is 11.0. The molecule has 0 amide bonds. The molecule has 1 aliphatic heterocycles. The van der Waals surface area contributed by atoms with Gasteiger partial charge in [0.1, 0.15) is 11.6 Å². The fourth-order valence-electron chi connectivity index (χ4n) is 2.39. The molecule has 0 atom stereocenters. The molecule has 1 aromatic heterocycles. The van der Waals surface area contributed by atoms with Gasteiger partial charge < -0.3 is 10.0 Å². The van der Waals surface area contributed by atoms with Crippen molar-refractivity contribution < 1.29 is 5.11 Å². The number of rotatable bonds is 3. The van der Waals surface area contributed by atoms with Crippen molar-refractivity contribution in [2.24, 2.45) is 0 Å². The van der Waals surface area contributed by atoms with E-state index < -0.39 is 0 Å². The highest BCUT2D eigenvalue weighted by atomic mass is 16.3. The van der Waals surface area contributed by atoms with Crippen LogP contribution in [0.1, 0.15) is 11.1 Å². The fraction of sp³-hybridized carbons (Fsp3) is 0.125. The minimum absolute atomic E-state index is 0.255. The summed E-state index contributed by atoms with van der Waals surface area (Å²) in [5.41, 5.74) is 2.53. The summed E-state index contributed by atoms with van der Waals surface area (Å²) >= 11 is 0. The average molecular weight is 265 g/mol. The first-order valence-corrected chi connectivity index (χ1v) is 6.46. The van der Waals surface area contributed by atoms with Crippen molar-refractivity contribution in [2.75, 3.05) is 6.54 Å². The molecule has 0 bridgehead atoms. The van der Waals surface area contributed by atoms with Crippen LogP contribution in [0.15, 0.2) is 60.6 Å². The quantitative estimate of drug-likeness (QED) is 0.897. The van der Waals surface area contributed by atoms with Gasteiger partial charge in [-0.25, -0.2) is 0 Å². The molecule has 20 heavy (non-hydrogen) atoms. The monoisotopic (exact) mass is 265 g/mol. The molecule has 4 heteroatoms. The molecule has 0 radical (unpaired) electrons. The third kappa shape index (κ3) is 2.28.